The molecule has 2 heterocycles. The molecule has 2 fully saturated rings. The third kappa shape index (κ3) is 2.44. The van der Waals surface area contributed by atoms with Crippen LogP contribution in [0.15, 0.2) is 29.2 Å². The highest BCUT2D eigenvalue weighted by Crippen LogP contribution is 2.32. The molecule has 0 bridgehead atoms. The van der Waals surface area contributed by atoms with Crippen molar-refractivity contribution in [1.82, 2.24) is 5.32 Å². The third-order valence-electron chi connectivity index (χ3n) is 4.45. The van der Waals surface area contributed by atoms with Gasteiger partial charge in [-0.15, -0.1) is 0 Å². The molecule has 2 saturated heterocycles. The number of rotatable bonds is 4. The molecule has 2 aliphatic heterocycles. The number of sulfone groups is 1. The molecule has 2 atom stereocenters. The first kappa shape index (κ1) is 13.9. The van der Waals surface area contributed by atoms with Crippen LogP contribution in [0.2, 0.25) is 0 Å². The molecule has 20 heavy (non-hydrogen) atoms. The smallest absolute Gasteiger partial charge is 0.178 e. The van der Waals surface area contributed by atoms with Crippen LogP contribution in [0.5, 0.6) is 0 Å². The Bertz CT molecular complexity index is 568. The van der Waals surface area contributed by atoms with Gasteiger partial charge >= 0.3 is 0 Å². The molecular formula is C15H22N2O2S. The van der Waals surface area contributed by atoms with E-state index in [-0.39, 0.29) is 5.75 Å². The highest BCUT2D eigenvalue weighted by molar-refractivity contribution is 7.91. The van der Waals surface area contributed by atoms with Crippen molar-refractivity contribution in [3.05, 3.63) is 24.3 Å². The van der Waals surface area contributed by atoms with Crippen molar-refractivity contribution in [3.63, 3.8) is 0 Å². The zero-order valence-electron chi connectivity index (χ0n) is 11.9. The van der Waals surface area contributed by atoms with Crippen LogP contribution in [-0.4, -0.2) is 39.8 Å². The molecular weight excluding hydrogens is 272 g/mol. The largest absolute Gasteiger partial charge is 0.367 e. The summed E-state index contributed by atoms with van der Waals surface area (Å²) in [5.74, 6) is 0.975. The number of benzene rings is 1. The zero-order chi connectivity index (χ0) is 14.2. The Labute approximate surface area is 121 Å². The van der Waals surface area contributed by atoms with Crippen molar-refractivity contribution in [2.45, 2.75) is 30.7 Å². The predicted molar refractivity (Wildman–Crippen MR) is 80.9 cm³/mol. The predicted octanol–water partition coefficient (Wildman–Crippen LogP) is 1.67. The molecule has 3 rings (SSSR count). The second-order valence-corrected chi connectivity index (χ2v) is 7.89. The fraction of sp³-hybridized carbons (Fsp3) is 0.600. The molecule has 1 aromatic carbocycles. The van der Waals surface area contributed by atoms with Gasteiger partial charge in [0.25, 0.3) is 0 Å². The van der Waals surface area contributed by atoms with Crippen molar-refractivity contribution >= 4 is 15.5 Å². The van der Waals surface area contributed by atoms with E-state index in [1.165, 1.54) is 6.42 Å². The summed E-state index contributed by atoms with van der Waals surface area (Å²) in [5, 5.41) is 3.44. The van der Waals surface area contributed by atoms with Crippen molar-refractivity contribution < 1.29 is 8.42 Å². The number of nitrogens with zero attached hydrogens (tertiary/aromatic N) is 1. The van der Waals surface area contributed by atoms with Gasteiger partial charge in [-0.05, 0) is 43.0 Å². The summed E-state index contributed by atoms with van der Waals surface area (Å²) < 4.78 is 24.0. The lowest BCUT2D eigenvalue weighted by Gasteiger charge is -2.25. The Balaban J connectivity index is 1.80. The molecule has 0 radical (unpaired) electrons. The molecule has 5 heteroatoms. The van der Waals surface area contributed by atoms with Gasteiger partial charge in [0.2, 0.25) is 0 Å². The number of fused-ring (bicyclic) bond motifs is 1. The third-order valence-corrected chi connectivity index (χ3v) is 6.38. The number of hydrogen-bond acceptors (Lipinski definition) is 4. The van der Waals surface area contributed by atoms with Gasteiger partial charge in [-0.3, -0.25) is 0 Å². The topological polar surface area (TPSA) is 49.4 Å². The summed E-state index contributed by atoms with van der Waals surface area (Å²) in [7, 11) is -3.10. The van der Waals surface area contributed by atoms with Gasteiger partial charge in [-0.25, -0.2) is 8.42 Å². The summed E-state index contributed by atoms with van der Waals surface area (Å²) >= 11 is 0. The minimum atomic E-state index is -3.10. The Morgan fingerprint density at radius 1 is 1.25 bits per heavy atom. The SMILES string of the molecule is CCCS(=O)(=O)c1ccc(N2CC[C@H]3CNC[C@H]32)cc1. The lowest BCUT2D eigenvalue weighted by Crippen LogP contribution is -2.34. The van der Waals surface area contributed by atoms with Crippen LogP contribution in [0.25, 0.3) is 0 Å². The van der Waals surface area contributed by atoms with E-state index >= 15 is 0 Å². The second kappa shape index (κ2) is 5.37. The van der Waals surface area contributed by atoms with Crippen LogP contribution < -0.4 is 10.2 Å². The minimum Gasteiger partial charge on any atom is -0.367 e. The Morgan fingerprint density at radius 2 is 2.00 bits per heavy atom. The van der Waals surface area contributed by atoms with Gasteiger partial charge in [-0.2, -0.15) is 0 Å². The first-order chi connectivity index (χ1) is 9.62. The fourth-order valence-electron chi connectivity index (χ4n) is 3.40. The van der Waals surface area contributed by atoms with E-state index in [4.69, 9.17) is 0 Å². The van der Waals surface area contributed by atoms with Crippen LogP contribution in [-0.2, 0) is 9.84 Å². The van der Waals surface area contributed by atoms with Gasteiger partial charge in [0.1, 0.15) is 0 Å². The molecule has 4 nitrogen and oxygen atoms in total. The van der Waals surface area contributed by atoms with Crippen LogP contribution in [0.3, 0.4) is 0 Å². The summed E-state index contributed by atoms with van der Waals surface area (Å²) in [6, 6.07) is 8.02. The molecule has 0 spiro atoms. The average molecular weight is 294 g/mol. The van der Waals surface area contributed by atoms with Gasteiger partial charge in [0.05, 0.1) is 10.6 Å². The zero-order valence-corrected chi connectivity index (χ0v) is 12.7. The summed E-state index contributed by atoms with van der Waals surface area (Å²) in [5.41, 5.74) is 1.15. The fourth-order valence-corrected chi connectivity index (χ4v) is 4.73. The van der Waals surface area contributed by atoms with Crippen molar-refractivity contribution in [2.24, 2.45) is 5.92 Å². The molecule has 1 N–H and O–H groups in total. The molecule has 0 aliphatic carbocycles. The Hall–Kier alpha value is -1.07. The summed E-state index contributed by atoms with van der Waals surface area (Å²) in [6.45, 7) is 5.13. The number of nitrogens with one attached hydrogen (secondary N) is 1. The minimum absolute atomic E-state index is 0.227. The lowest BCUT2D eigenvalue weighted by atomic mass is 10.1. The van der Waals surface area contributed by atoms with Crippen LogP contribution >= 0.6 is 0 Å². The van der Waals surface area contributed by atoms with Crippen LogP contribution in [0.1, 0.15) is 19.8 Å². The Morgan fingerprint density at radius 3 is 2.70 bits per heavy atom. The maximum Gasteiger partial charge on any atom is 0.178 e. The van der Waals surface area contributed by atoms with E-state index in [2.05, 4.69) is 10.2 Å². The normalized spacial score (nSPS) is 25.9. The van der Waals surface area contributed by atoms with Gasteiger partial charge < -0.3 is 10.2 Å². The van der Waals surface area contributed by atoms with Gasteiger partial charge in [0.15, 0.2) is 9.84 Å². The van der Waals surface area contributed by atoms with Crippen molar-refractivity contribution in [2.75, 3.05) is 30.3 Å². The average Bonchev–Trinajstić information content (AvgIpc) is 3.01. The van der Waals surface area contributed by atoms with E-state index in [1.807, 2.05) is 19.1 Å². The van der Waals surface area contributed by atoms with Crippen LogP contribution in [0.4, 0.5) is 5.69 Å². The molecule has 0 unspecified atom stereocenters. The van der Waals surface area contributed by atoms with E-state index in [0.29, 0.717) is 17.4 Å². The molecule has 0 saturated carbocycles. The molecule has 0 aromatic heterocycles. The first-order valence-corrected chi connectivity index (χ1v) is 9.07. The summed E-state index contributed by atoms with van der Waals surface area (Å²) in [6.07, 6.45) is 1.89. The molecule has 0 amide bonds. The summed E-state index contributed by atoms with van der Waals surface area (Å²) in [4.78, 5) is 2.87. The molecule has 2 aliphatic rings. The van der Waals surface area contributed by atoms with Gasteiger partial charge in [0, 0.05) is 31.4 Å². The Kier molecular flexibility index (Phi) is 3.73. The second-order valence-electron chi connectivity index (χ2n) is 5.78. The highest BCUT2D eigenvalue weighted by Gasteiger charge is 2.37. The maximum absolute atomic E-state index is 12.0. The standard InChI is InChI=1S/C15H22N2O2S/c1-2-9-20(18,19)14-5-3-13(4-6-14)17-8-7-12-10-16-11-15(12)17/h3-6,12,15-16H,2,7-11H2,1H3/t12-,15+/m0/s1. The van der Waals surface area contributed by atoms with E-state index < -0.39 is 9.84 Å². The van der Waals surface area contributed by atoms with E-state index in [1.54, 1.807) is 12.1 Å². The monoisotopic (exact) mass is 294 g/mol. The lowest BCUT2D eigenvalue weighted by molar-refractivity contribution is 0.578. The molecule has 1 aromatic rings. The van der Waals surface area contributed by atoms with Crippen molar-refractivity contribution in [3.8, 4) is 0 Å². The maximum atomic E-state index is 12.0. The quantitative estimate of drug-likeness (QED) is 0.918. The first-order valence-electron chi connectivity index (χ1n) is 7.42. The van der Waals surface area contributed by atoms with Crippen LogP contribution in [0, 0.1) is 5.92 Å². The van der Waals surface area contributed by atoms with Crippen molar-refractivity contribution in [1.29, 1.82) is 0 Å². The molecule has 110 valence electrons. The number of hydrogen-bond donors (Lipinski definition) is 1. The van der Waals surface area contributed by atoms with E-state index in [9.17, 15) is 8.42 Å². The van der Waals surface area contributed by atoms with Gasteiger partial charge in [-0.1, -0.05) is 6.92 Å². The number of anilines is 1. The highest BCUT2D eigenvalue weighted by atomic mass is 32.2. The van der Waals surface area contributed by atoms with E-state index in [0.717, 1.165) is 31.2 Å².